The quantitative estimate of drug-likeness (QED) is 0.365. The van der Waals surface area contributed by atoms with Crippen LogP contribution in [0.15, 0.2) is 60.7 Å². The van der Waals surface area contributed by atoms with E-state index in [0.717, 1.165) is 17.0 Å². The first-order chi connectivity index (χ1) is 16.0. The third-order valence-corrected chi connectivity index (χ3v) is 6.48. The van der Waals surface area contributed by atoms with Gasteiger partial charge in [0.05, 0.1) is 6.61 Å². The van der Waals surface area contributed by atoms with E-state index >= 15 is 0 Å². The first-order valence-corrected chi connectivity index (χ1v) is 11.7. The van der Waals surface area contributed by atoms with E-state index in [2.05, 4.69) is 13.0 Å². The van der Waals surface area contributed by atoms with Crippen molar-refractivity contribution in [2.24, 2.45) is 11.8 Å². The summed E-state index contributed by atoms with van der Waals surface area (Å²) in [5.41, 5.74) is 2.83. The molecule has 1 aliphatic rings. The summed E-state index contributed by atoms with van der Waals surface area (Å²) in [7, 11) is 0. The molecule has 0 saturated heterocycles. The van der Waals surface area contributed by atoms with E-state index in [9.17, 15) is 13.2 Å². The number of benzene rings is 3. The smallest absolute Gasteiger partial charge is 0.201 e. The lowest BCUT2D eigenvalue weighted by Crippen LogP contribution is -2.09. The van der Waals surface area contributed by atoms with Crippen molar-refractivity contribution in [3.8, 4) is 28.0 Å². The van der Waals surface area contributed by atoms with E-state index in [1.807, 2.05) is 12.1 Å². The van der Waals surface area contributed by atoms with Crippen LogP contribution in [0.2, 0.25) is 0 Å². The minimum absolute atomic E-state index is 0.0990. The van der Waals surface area contributed by atoms with Crippen LogP contribution >= 0.6 is 0 Å². The van der Waals surface area contributed by atoms with Crippen molar-refractivity contribution < 1.29 is 17.9 Å². The fourth-order valence-corrected chi connectivity index (χ4v) is 4.42. The maximum absolute atomic E-state index is 14.7. The summed E-state index contributed by atoms with van der Waals surface area (Å²) in [4.78, 5) is 0. The molecule has 4 rings (SSSR count). The monoisotopic (exact) mass is 450 g/mol. The Balaban J connectivity index is 1.50. The van der Waals surface area contributed by atoms with Gasteiger partial charge in [0, 0.05) is 11.1 Å². The lowest BCUT2D eigenvalue weighted by Gasteiger charge is -2.23. The van der Waals surface area contributed by atoms with Gasteiger partial charge in [-0.1, -0.05) is 68.3 Å². The summed E-state index contributed by atoms with van der Waals surface area (Å²) in [6.45, 7) is 4.26. The van der Waals surface area contributed by atoms with Gasteiger partial charge in [0.15, 0.2) is 11.6 Å². The van der Waals surface area contributed by atoms with Gasteiger partial charge in [0.1, 0.15) is 5.82 Å². The molecule has 172 valence electrons. The van der Waals surface area contributed by atoms with Gasteiger partial charge in [0.25, 0.3) is 0 Å². The molecule has 0 atom stereocenters. The number of hydrogen-bond acceptors (Lipinski definition) is 1. The predicted octanol–water partition coefficient (Wildman–Crippen LogP) is 8.68. The zero-order valence-electron chi connectivity index (χ0n) is 19.1. The summed E-state index contributed by atoms with van der Waals surface area (Å²) in [6, 6.07) is 15.1. The molecule has 1 aliphatic carbocycles. The molecule has 1 nitrogen and oxygen atoms in total. The molecule has 0 spiro atoms. The van der Waals surface area contributed by atoms with Crippen LogP contribution in [-0.2, 0) is 0 Å². The van der Waals surface area contributed by atoms with Crippen LogP contribution in [0, 0.1) is 29.3 Å². The van der Waals surface area contributed by atoms with Gasteiger partial charge >= 0.3 is 0 Å². The van der Waals surface area contributed by atoms with Gasteiger partial charge in [-0.2, -0.15) is 4.39 Å². The normalized spacial score (nSPS) is 18.6. The molecule has 1 fully saturated rings. The van der Waals surface area contributed by atoms with Gasteiger partial charge in [-0.25, -0.2) is 8.78 Å². The minimum Gasteiger partial charge on any atom is -0.491 e. The summed E-state index contributed by atoms with van der Waals surface area (Å²) in [5.74, 6) is -0.979. The molecule has 0 aliphatic heterocycles. The van der Waals surface area contributed by atoms with E-state index < -0.39 is 11.6 Å². The fourth-order valence-electron chi connectivity index (χ4n) is 4.42. The first-order valence-electron chi connectivity index (χ1n) is 11.7. The van der Waals surface area contributed by atoms with Crippen molar-refractivity contribution in [3.05, 3.63) is 83.7 Å². The van der Waals surface area contributed by atoms with Crippen molar-refractivity contribution in [1.82, 2.24) is 0 Å². The molecule has 4 heteroatoms. The largest absolute Gasteiger partial charge is 0.491 e. The lowest BCUT2D eigenvalue weighted by molar-refractivity contribution is 0.314. The molecule has 3 aromatic carbocycles. The highest BCUT2D eigenvalue weighted by Crippen LogP contribution is 2.32. The van der Waals surface area contributed by atoms with E-state index in [1.165, 1.54) is 43.9 Å². The number of hydrogen-bond donors (Lipinski definition) is 0. The fraction of sp³-hybridized carbons (Fsp3) is 0.310. The van der Waals surface area contributed by atoms with Crippen molar-refractivity contribution in [3.63, 3.8) is 0 Å². The van der Waals surface area contributed by atoms with Gasteiger partial charge < -0.3 is 4.74 Å². The van der Waals surface area contributed by atoms with Crippen LogP contribution in [0.25, 0.3) is 28.3 Å². The van der Waals surface area contributed by atoms with Gasteiger partial charge in [-0.15, -0.1) is 0 Å². The Hall–Kier alpha value is -3.01. The number of ether oxygens (including phenoxy) is 1. The Kier molecular flexibility index (Phi) is 7.22. The van der Waals surface area contributed by atoms with Crippen LogP contribution < -0.4 is 4.74 Å². The first kappa shape index (κ1) is 23.2. The van der Waals surface area contributed by atoms with Crippen LogP contribution in [0.1, 0.15) is 45.1 Å². The van der Waals surface area contributed by atoms with Crippen LogP contribution in [0.4, 0.5) is 13.2 Å². The maximum atomic E-state index is 14.7. The summed E-state index contributed by atoms with van der Waals surface area (Å²) in [5, 5.41) is 0. The van der Waals surface area contributed by atoms with Gasteiger partial charge in [0.2, 0.25) is 5.82 Å². The molecule has 0 bridgehead atoms. The predicted molar refractivity (Wildman–Crippen MR) is 129 cm³/mol. The van der Waals surface area contributed by atoms with E-state index in [0.29, 0.717) is 17.0 Å². The second-order valence-electron chi connectivity index (χ2n) is 8.86. The number of allylic oxidation sites excluding steroid dienone is 1. The highest BCUT2D eigenvalue weighted by Gasteiger charge is 2.17. The number of rotatable bonds is 6. The molecular weight excluding hydrogens is 421 g/mol. The molecule has 0 heterocycles. The number of halogens is 3. The van der Waals surface area contributed by atoms with Crippen LogP contribution in [-0.4, -0.2) is 6.61 Å². The van der Waals surface area contributed by atoms with E-state index in [1.54, 1.807) is 37.3 Å². The maximum Gasteiger partial charge on any atom is 0.201 e. The van der Waals surface area contributed by atoms with Crippen molar-refractivity contribution in [2.45, 2.75) is 39.5 Å². The molecule has 0 aromatic heterocycles. The van der Waals surface area contributed by atoms with E-state index in [4.69, 9.17) is 4.74 Å². The zero-order valence-corrected chi connectivity index (χ0v) is 19.1. The molecule has 0 unspecified atom stereocenters. The molecule has 0 amide bonds. The molecule has 0 N–H and O–H groups in total. The Morgan fingerprint density at radius 2 is 1.48 bits per heavy atom. The van der Waals surface area contributed by atoms with Crippen LogP contribution in [0.3, 0.4) is 0 Å². The van der Waals surface area contributed by atoms with Crippen LogP contribution in [0.5, 0.6) is 5.75 Å². The summed E-state index contributed by atoms with van der Waals surface area (Å²) < 4.78 is 48.6. The Morgan fingerprint density at radius 1 is 0.818 bits per heavy atom. The van der Waals surface area contributed by atoms with Gasteiger partial charge in [-0.05, 0) is 66.5 Å². The SMILES string of the molecule is CCOc1ccc(-c2ccc(-c3ccc(/C=C/C4CCC(C)CC4)c(F)c3)cc2)c(F)c1F. The third-order valence-electron chi connectivity index (χ3n) is 6.48. The molecule has 0 radical (unpaired) electrons. The molecular formula is C29H29F3O. The lowest BCUT2D eigenvalue weighted by atomic mass is 9.83. The minimum atomic E-state index is -0.994. The molecule has 3 aromatic rings. The Labute approximate surface area is 193 Å². The molecule has 33 heavy (non-hydrogen) atoms. The summed E-state index contributed by atoms with van der Waals surface area (Å²) >= 11 is 0. The Bertz CT molecular complexity index is 1130. The standard InChI is InChI=1S/C29H29F3O/c1-3-33-27-17-16-25(28(31)29(27)32)22-12-10-21(11-13-22)24-15-14-23(26(30)18-24)9-8-20-6-4-19(2)5-7-20/h8-20H,3-7H2,1-2H3/b9-8+. The highest BCUT2D eigenvalue weighted by atomic mass is 19.2. The second kappa shape index (κ2) is 10.3. The van der Waals surface area contributed by atoms with Crippen molar-refractivity contribution >= 4 is 6.08 Å². The molecule has 1 saturated carbocycles. The average molecular weight is 451 g/mol. The van der Waals surface area contributed by atoms with Gasteiger partial charge in [-0.3, -0.25) is 0 Å². The van der Waals surface area contributed by atoms with Crippen molar-refractivity contribution in [1.29, 1.82) is 0 Å². The highest BCUT2D eigenvalue weighted by molar-refractivity contribution is 5.72. The summed E-state index contributed by atoms with van der Waals surface area (Å²) in [6.07, 6.45) is 8.85. The van der Waals surface area contributed by atoms with E-state index in [-0.39, 0.29) is 23.7 Å². The van der Waals surface area contributed by atoms with Crippen molar-refractivity contribution in [2.75, 3.05) is 6.61 Å². The topological polar surface area (TPSA) is 9.23 Å². The second-order valence-corrected chi connectivity index (χ2v) is 8.86. The average Bonchev–Trinajstić information content (AvgIpc) is 2.83. The Morgan fingerprint density at radius 3 is 2.15 bits per heavy atom. The third kappa shape index (κ3) is 5.32. The zero-order chi connectivity index (χ0) is 23.4.